The molecule has 0 saturated heterocycles. The van der Waals surface area contributed by atoms with Crippen molar-refractivity contribution in [2.45, 2.75) is 26.3 Å². The first kappa shape index (κ1) is 22.7. The maximum absolute atomic E-state index is 13.0. The van der Waals surface area contributed by atoms with Gasteiger partial charge in [0.15, 0.2) is 0 Å². The summed E-state index contributed by atoms with van der Waals surface area (Å²) in [4.78, 5) is 24.9. The van der Waals surface area contributed by atoms with Crippen LogP contribution in [0.15, 0.2) is 42.5 Å². The number of anilines is 2. The summed E-state index contributed by atoms with van der Waals surface area (Å²) in [5, 5.41) is 3.09. The Balaban J connectivity index is 2.42. The number of hydrogen-bond acceptors (Lipinski definition) is 5. The van der Waals surface area contributed by atoms with E-state index in [1.165, 1.54) is 13.2 Å². The van der Waals surface area contributed by atoms with Crippen LogP contribution >= 0.6 is 11.6 Å². The van der Waals surface area contributed by atoms with E-state index in [0.717, 1.165) is 10.6 Å². The molecular weight excluding hydrogens is 416 g/mol. The van der Waals surface area contributed by atoms with E-state index in [1.54, 1.807) is 50.2 Å². The third kappa shape index (κ3) is 5.27. The SMILES string of the molecule is CCC(C(=O)Nc1cccc(C(=O)OC)c1C)N(c1cccc(Cl)c1)S(C)(=O)=O. The highest BCUT2D eigenvalue weighted by atomic mass is 35.5. The Hall–Kier alpha value is -2.58. The molecule has 0 aromatic heterocycles. The predicted octanol–water partition coefficient (Wildman–Crippen LogP) is 3.62. The number of rotatable bonds is 7. The molecule has 0 saturated carbocycles. The lowest BCUT2D eigenvalue weighted by Crippen LogP contribution is -2.47. The van der Waals surface area contributed by atoms with Crippen LogP contribution in [0.25, 0.3) is 0 Å². The summed E-state index contributed by atoms with van der Waals surface area (Å²) >= 11 is 6.01. The van der Waals surface area contributed by atoms with Gasteiger partial charge in [-0.1, -0.05) is 30.7 Å². The standard InChI is InChI=1S/C20H23ClN2O5S/c1-5-18(23(29(4,26)27)15-9-6-8-14(21)12-15)19(24)22-17-11-7-10-16(13(17)2)20(25)28-3/h6-12,18H,5H2,1-4H3,(H,22,24). The van der Waals surface area contributed by atoms with Gasteiger partial charge < -0.3 is 10.1 Å². The summed E-state index contributed by atoms with van der Waals surface area (Å²) < 4.78 is 30.8. The highest BCUT2D eigenvalue weighted by Gasteiger charge is 2.32. The first-order valence-electron chi connectivity index (χ1n) is 8.83. The van der Waals surface area contributed by atoms with Crippen molar-refractivity contribution >= 4 is 44.9 Å². The second-order valence-electron chi connectivity index (χ2n) is 6.42. The van der Waals surface area contributed by atoms with Crippen LogP contribution in [-0.4, -0.2) is 39.7 Å². The summed E-state index contributed by atoms with van der Waals surface area (Å²) in [6, 6.07) is 10.1. The van der Waals surface area contributed by atoms with Crippen molar-refractivity contribution in [1.82, 2.24) is 0 Å². The summed E-state index contributed by atoms with van der Waals surface area (Å²) in [5.74, 6) is -1.05. The Morgan fingerprint density at radius 2 is 1.86 bits per heavy atom. The minimum Gasteiger partial charge on any atom is -0.465 e. The summed E-state index contributed by atoms with van der Waals surface area (Å²) in [6.45, 7) is 3.39. The molecule has 1 atom stereocenters. The van der Waals surface area contributed by atoms with E-state index < -0.39 is 27.9 Å². The molecule has 1 unspecified atom stereocenters. The molecule has 0 aliphatic carbocycles. The average molecular weight is 439 g/mol. The molecule has 29 heavy (non-hydrogen) atoms. The average Bonchev–Trinajstić information content (AvgIpc) is 2.65. The zero-order valence-corrected chi connectivity index (χ0v) is 18.2. The number of nitrogens with zero attached hydrogens (tertiary/aromatic N) is 1. The maximum atomic E-state index is 13.0. The number of methoxy groups -OCH3 is 1. The van der Waals surface area contributed by atoms with Crippen molar-refractivity contribution in [3.63, 3.8) is 0 Å². The topological polar surface area (TPSA) is 92.8 Å². The highest BCUT2D eigenvalue weighted by Crippen LogP contribution is 2.27. The molecule has 156 valence electrons. The van der Waals surface area contributed by atoms with Crippen LogP contribution in [0.3, 0.4) is 0 Å². The molecule has 2 aromatic rings. The normalized spacial score (nSPS) is 12.2. The smallest absolute Gasteiger partial charge is 0.338 e. The van der Waals surface area contributed by atoms with Crippen LogP contribution in [0.2, 0.25) is 5.02 Å². The monoisotopic (exact) mass is 438 g/mol. The molecule has 2 aromatic carbocycles. The van der Waals surface area contributed by atoms with Crippen LogP contribution in [0.4, 0.5) is 11.4 Å². The van der Waals surface area contributed by atoms with Gasteiger partial charge in [-0.25, -0.2) is 13.2 Å². The van der Waals surface area contributed by atoms with Gasteiger partial charge >= 0.3 is 5.97 Å². The Morgan fingerprint density at radius 1 is 1.21 bits per heavy atom. The fourth-order valence-electron chi connectivity index (χ4n) is 2.99. The van der Waals surface area contributed by atoms with E-state index in [1.807, 2.05) is 0 Å². The fourth-order valence-corrected chi connectivity index (χ4v) is 4.38. The van der Waals surface area contributed by atoms with E-state index in [4.69, 9.17) is 16.3 Å². The molecule has 1 amide bonds. The third-order valence-corrected chi connectivity index (χ3v) is 5.80. The number of carbonyl (C=O) groups is 2. The Kier molecular flexibility index (Phi) is 7.26. The van der Waals surface area contributed by atoms with Crippen molar-refractivity contribution in [1.29, 1.82) is 0 Å². The van der Waals surface area contributed by atoms with Crippen LogP contribution in [-0.2, 0) is 19.6 Å². The number of esters is 1. The third-order valence-electron chi connectivity index (χ3n) is 4.39. The Bertz CT molecular complexity index is 1020. The maximum Gasteiger partial charge on any atom is 0.338 e. The van der Waals surface area contributed by atoms with Gasteiger partial charge in [-0.2, -0.15) is 0 Å². The van der Waals surface area contributed by atoms with E-state index >= 15 is 0 Å². The van der Waals surface area contributed by atoms with Crippen LogP contribution < -0.4 is 9.62 Å². The lowest BCUT2D eigenvalue weighted by atomic mass is 10.1. The van der Waals surface area contributed by atoms with Crippen molar-refractivity contribution in [3.8, 4) is 0 Å². The van der Waals surface area contributed by atoms with Crippen LogP contribution in [0, 0.1) is 6.92 Å². The highest BCUT2D eigenvalue weighted by molar-refractivity contribution is 7.92. The zero-order chi connectivity index (χ0) is 21.8. The van der Waals surface area contributed by atoms with E-state index in [2.05, 4.69) is 5.32 Å². The number of nitrogens with one attached hydrogen (secondary N) is 1. The number of carbonyl (C=O) groups excluding carboxylic acids is 2. The summed E-state index contributed by atoms with van der Waals surface area (Å²) in [5.41, 5.74) is 1.53. The molecule has 0 fully saturated rings. The molecule has 7 nitrogen and oxygen atoms in total. The quantitative estimate of drug-likeness (QED) is 0.666. The second kappa shape index (κ2) is 9.28. The predicted molar refractivity (Wildman–Crippen MR) is 114 cm³/mol. The van der Waals surface area contributed by atoms with Gasteiger partial charge in [-0.15, -0.1) is 0 Å². The number of sulfonamides is 1. The Labute approximate surface area is 175 Å². The number of halogens is 1. The van der Waals surface area contributed by atoms with E-state index in [-0.39, 0.29) is 6.42 Å². The van der Waals surface area contributed by atoms with Gasteiger partial charge in [0.1, 0.15) is 6.04 Å². The molecule has 1 N–H and O–H groups in total. The molecule has 2 rings (SSSR count). The lowest BCUT2D eigenvalue weighted by Gasteiger charge is -2.30. The molecule has 0 spiro atoms. The minimum absolute atomic E-state index is 0.223. The number of amides is 1. The molecule has 0 aliphatic heterocycles. The van der Waals surface area contributed by atoms with Gasteiger partial charge in [0.2, 0.25) is 15.9 Å². The van der Waals surface area contributed by atoms with Gasteiger partial charge in [-0.05, 0) is 49.2 Å². The summed E-state index contributed by atoms with van der Waals surface area (Å²) in [6.07, 6.45) is 1.26. The first-order valence-corrected chi connectivity index (χ1v) is 11.1. The van der Waals surface area contributed by atoms with Crippen LogP contribution in [0.1, 0.15) is 29.3 Å². The van der Waals surface area contributed by atoms with Crippen molar-refractivity contribution < 1.29 is 22.7 Å². The van der Waals surface area contributed by atoms with Crippen molar-refractivity contribution in [3.05, 3.63) is 58.6 Å². The van der Waals surface area contributed by atoms with Gasteiger partial charge in [0.25, 0.3) is 0 Å². The summed E-state index contributed by atoms with van der Waals surface area (Å²) in [7, 11) is -2.51. The van der Waals surface area contributed by atoms with Crippen molar-refractivity contribution in [2.24, 2.45) is 0 Å². The largest absolute Gasteiger partial charge is 0.465 e. The van der Waals surface area contributed by atoms with Gasteiger partial charge in [0, 0.05) is 10.7 Å². The van der Waals surface area contributed by atoms with Crippen LogP contribution in [0.5, 0.6) is 0 Å². The first-order chi connectivity index (χ1) is 13.6. The molecule has 0 bridgehead atoms. The van der Waals surface area contributed by atoms with E-state index in [9.17, 15) is 18.0 Å². The van der Waals surface area contributed by atoms with Gasteiger partial charge in [-0.3, -0.25) is 9.10 Å². The minimum atomic E-state index is -3.78. The molecule has 9 heteroatoms. The zero-order valence-electron chi connectivity index (χ0n) is 16.6. The lowest BCUT2D eigenvalue weighted by molar-refractivity contribution is -0.117. The number of benzene rings is 2. The van der Waals surface area contributed by atoms with Crippen molar-refractivity contribution in [2.75, 3.05) is 23.0 Å². The molecular formula is C20H23ClN2O5S. The van der Waals surface area contributed by atoms with Gasteiger partial charge in [0.05, 0.1) is 24.6 Å². The van der Waals surface area contributed by atoms with E-state index in [0.29, 0.717) is 27.5 Å². The number of ether oxygens (including phenoxy) is 1. The molecule has 0 heterocycles. The fraction of sp³-hybridized carbons (Fsp3) is 0.300. The Morgan fingerprint density at radius 3 is 2.41 bits per heavy atom. The number of hydrogen-bond donors (Lipinski definition) is 1. The molecule has 0 radical (unpaired) electrons. The molecule has 0 aliphatic rings. The second-order valence-corrected chi connectivity index (χ2v) is 8.72.